The van der Waals surface area contributed by atoms with E-state index in [0.717, 1.165) is 112 Å². The van der Waals surface area contributed by atoms with Crippen LogP contribution in [0.15, 0.2) is 184 Å². The lowest BCUT2D eigenvalue weighted by Gasteiger charge is -2.49. The number of rotatable bonds is 28. The monoisotopic (exact) mass is 2010 g/mol. The summed E-state index contributed by atoms with van der Waals surface area (Å²) in [6, 6.07) is 35.4. The number of fused-ring (bicyclic) bond motifs is 5. The summed E-state index contributed by atoms with van der Waals surface area (Å²) in [6.07, 6.45) is 31.9. The molecule has 0 spiro atoms. The van der Waals surface area contributed by atoms with Crippen molar-refractivity contribution in [2.75, 3.05) is 103 Å². The van der Waals surface area contributed by atoms with Crippen LogP contribution in [0.2, 0.25) is 0 Å². The number of aromatic amines is 5. The number of unbranched alkanes of at least 4 members (excludes halogenated alkanes) is 1. The van der Waals surface area contributed by atoms with Crippen LogP contribution in [0.4, 0.5) is 11.4 Å². The van der Waals surface area contributed by atoms with Crippen LogP contribution in [-0.2, 0) is 67.8 Å². The Hall–Kier alpha value is -16.1. The van der Waals surface area contributed by atoms with E-state index in [2.05, 4.69) is 115 Å². The SMILES string of the molecule is CCS(=O)(=O)N1CC(CC#N)(n2cc(-c3ccnc4[nH]ccc34)c(OC)n2)C1.CCS(=O)(=O)N1CC(CC#N)(n2cc(-c3ncnc4[nH]ccc34)cc2C)C1.CCS(=O)(=O)N1CC(CC#N)(n2cc(-c3ncnc4[nH]ccc34)cc2OC)C1.[C-]#[N+]c1cnc2[nH]ccc2c1-c1cnn(C2(CC#N)CN(C(=O)c3ccccc3)C2)c1.[C-]#[N+]c1cnc2[nH]ccc2c1-c1cnn(C2(CC#N)CN(S(=O)(=O)CCCC)C2)c1. The zero-order valence-corrected chi connectivity index (χ0v) is 82.6. The van der Waals surface area contributed by atoms with Crippen LogP contribution in [-0.4, -0.2) is 263 Å². The molecule has 736 valence electrons. The van der Waals surface area contributed by atoms with Crippen LogP contribution in [0.5, 0.6) is 11.8 Å². The Morgan fingerprint density at radius 1 is 0.438 bits per heavy atom. The molecule has 5 fully saturated rings. The Kier molecular flexibility index (Phi) is 27.7. The number of aromatic nitrogens is 20. The average molecular weight is 2020 g/mol. The van der Waals surface area contributed by atoms with Gasteiger partial charge in [-0.2, -0.15) is 53.7 Å². The highest BCUT2D eigenvalue weighted by Gasteiger charge is 2.55. The number of carbonyl (C=O) groups excluding carboxylic acids is 1. The summed E-state index contributed by atoms with van der Waals surface area (Å²) in [5.74, 6) is 1.18. The van der Waals surface area contributed by atoms with Crippen molar-refractivity contribution in [2.45, 2.75) is 107 Å². The molecule has 21 rings (SSSR count). The van der Waals surface area contributed by atoms with E-state index in [0.29, 0.717) is 72.6 Å². The van der Waals surface area contributed by atoms with Gasteiger partial charge < -0.3 is 48.4 Å². The van der Waals surface area contributed by atoms with E-state index in [1.807, 2.05) is 127 Å². The molecule has 0 atom stereocenters. The predicted octanol–water partition coefficient (Wildman–Crippen LogP) is 12.2. The standard InChI is InChI=1S/C23H17N7O.C20H21N7O2S.2C18H20N6O3S.C18H20N6O2S/c1-25-19-12-27-21-18(7-10-26-21)20(19)17-11-28-30(13-17)23(8-9-24)14-29(15-23)22(31)16-5-3-2-4-6-16;1-3-4-9-30(28,29)26-13-20(14-26,6-7-21)27-12-15(10-25-27)18-16-5-8-23-19(16)24-11-17(18)22-2;1-3-28(25,26)23-11-18(12-23,6-7-19)24-10-15(17(22-24)27-2)13-4-8-20-16-14(13)5-9-21-16;1-3-28(25,26)23-10-18(11-23,5-6-19)24-9-13(8-15(24)27-2)16-14-4-7-20-17(14)22-12-21-16;1-3-27(25,26)23-10-18(11-23,5-6-19)24-9-14(8-13(24)2)16-15-4-7-20-17(15)22-12-21-16/h2-7,10-13H,8,14-15H2,(H,26,27);5,8,10-12H,3-4,6,9,13-14H2,1H3,(H,23,24);4-5,8-10H,3,6,11-12H2,1-2H3,(H,20,21);4,7-9,12H,3,5,10-11H2,1-2H3,(H,20,21,22);4,7-9,12H,3,5,10-11H2,1-2H3,(H,20,21,22). The summed E-state index contributed by atoms with van der Waals surface area (Å²) >= 11 is 0. The van der Waals surface area contributed by atoms with Gasteiger partial charge in [-0.15, -0.1) is 5.10 Å². The maximum absolute atomic E-state index is 12.7. The number of hydrogen-bond donors (Lipinski definition) is 5. The number of likely N-dealkylation sites (tertiary alicyclic amines) is 1. The molecule has 43 nitrogen and oxygen atoms in total. The van der Waals surface area contributed by atoms with Crippen molar-refractivity contribution in [2.24, 2.45) is 0 Å². The molecule has 5 aliphatic heterocycles. The van der Waals surface area contributed by atoms with Gasteiger partial charge in [-0.05, 0) is 88.7 Å². The largest absolute Gasteiger partial charge is 0.482 e. The average Bonchev–Trinajstić information content (AvgIpc) is 1.59. The molecule has 1 aromatic carbocycles. The molecule has 5 N–H and O–H groups in total. The highest BCUT2D eigenvalue weighted by atomic mass is 32.2. The van der Waals surface area contributed by atoms with E-state index in [4.69, 9.17) is 22.6 Å². The first-order valence-corrected chi connectivity index (χ1v) is 52.3. The van der Waals surface area contributed by atoms with Gasteiger partial charge in [0.05, 0.1) is 153 Å². The Bertz CT molecular complexity index is 8370. The molecule has 0 unspecified atom stereocenters. The van der Waals surface area contributed by atoms with Crippen molar-refractivity contribution >= 4 is 113 Å². The Labute approximate surface area is 828 Å². The Balaban J connectivity index is 0.000000124. The van der Waals surface area contributed by atoms with E-state index in [-0.39, 0.29) is 100 Å². The Morgan fingerprint density at radius 2 is 0.847 bits per heavy atom. The summed E-state index contributed by atoms with van der Waals surface area (Å²) in [5, 5.41) is 64.8. The van der Waals surface area contributed by atoms with Crippen LogP contribution >= 0.6 is 0 Å². The van der Waals surface area contributed by atoms with Gasteiger partial charge in [0.2, 0.25) is 57.3 Å². The van der Waals surface area contributed by atoms with Gasteiger partial charge in [0.15, 0.2) is 5.88 Å². The first-order chi connectivity index (χ1) is 69.4. The number of ether oxygens (including phenoxy) is 2. The molecule has 47 heteroatoms. The summed E-state index contributed by atoms with van der Waals surface area (Å²) < 4.78 is 124. The second-order valence-corrected chi connectivity index (χ2v) is 44.6. The van der Waals surface area contributed by atoms with Gasteiger partial charge >= 0.3 is 0 Å². The van der Waals surface area contributed by atoms with Gasteiger partial charge in [-0.3, -0.25) is 28.8 Å². The first-order valence-electron chi connectivity index (χ1n) is 45.9. The number of H-pyrrole nitrogens is 5. The van der Waals surface area contributed by atoms with Crippen LogP contribution in [0.1, 0.15) is 88.7 Å². The summed E-state index contributed by atoms with van der Waals surface area (Å²) in [7, 11) is -10.1. The molecule has 5 aliphatic rings. The third-order valence-corrected chi connectivity index (χ3v) is 34.2. The number of sulfonamides is 4. The number of benzene rings is 1. The van der Waals surface area contributed by atoms with E-state index >= 15 is 0 Å². The molecule has 5 saturated heterocycles. The summed E-state index contributed by atoms with van der Waals surface area (Å²) in [5.41, 5.74) is 10.8. The fraction of sp³-hybridized carbons (Fsp3) is 0.340. The van der Waals surface area contributed by atoms with Crippen LogP contribution in [0.3, 0.4) is 0 Å². The molecule has 144 heavy (non-hydrogen) atoms. The number of nitriles is 5. The molecule has 15 aromatic heterocycles. The number of aryl methyl sites for hydroxylation is 1. The van der Waals surface area contributed by atoms with E-state index in [1.54, 1.807) is 109 Å². The maximum atomic E-state index is 12.7. The first kappa shape index (κ1) is 99.4. The quantitative estimate of drug-likeness (QED) is 0.0284. The second kappa shape index (κ2) is 40.1. The molecule has 0 radical (unpaired) electrons. The highest BCUT2D eigenvalue weighted by molar-refractivity contribution is 7.89. The number of pyridine rings is 3. The number of nitrogens with one attached hydrogen (secondary N) is 5. The fourth-order valence-corrected chi connectivity index (χ4v) is 24.6. The smallest absolute Gasteiger partial charge is 0.254 e. The molecular weight excluding hydrogens is 1920 g/mol. The zero-order chi connectivity index (χ0) is 102. The van der Waals surface area contributed by atoms with Crippen LogP contribution in [0.25, 0.3) is 121 Å². The Morgan fingerprint density at radius 3 is 1.30 bits per heavy atom. The normalized spacial score (nSPS) is 16.1. The number of carbonyl (C=O) groups is 1. The topological polar surface area (TPSA) is 548 Å². The van der Waals surface area contributed by atoms with Gasteiger partial charge in [0.1, 0.15) is 57.5 Å². The zero-order valence-electron chi connectivity index (χ0n) is 79.4. The van der Waals surface area contributed by atoms with Crippen molar-refractivity contribution < 1.29 is 47.9 Å². The van der Waals surface area contributed by atoms with Crippen molar-refractivity contribution in [3.05, 3.63) is 219 Å². The third-order valence-electron chi connectivity index (χ3n) is 27.0. The molecule has 20 heterocycles. The second-order valence-electron chi connectivity index (χ2n) is 35.8. The minimum absolute atomic E-state index is 0.0335. The van der Waals surface area contributed by atoms with Gasteiger partial charge in [0, 0.05) is 229 Å². The van der Waals surface area contributed by atoms with Gasteiger partial charge in [0.25, 0.3) is 5.91 Å². The lowest BCUT2D eigenvalue weighted by atomic mass is 9.86. The van der Waals surface area contributed by atoms with E-state index < -0.39 is 67.8 Å². The van der Waals surface area contributed by atoms with Gasteiger partial charge in [-0.25, -0.2) is 68.3 Å². The maximum Gasteiger partial charge on any atom is 0.254 e. The molecular formula is C97H98N32O11S4. The van der Waals surface area contributed by atoms with Crippen LogP contribution in [0, 0.1) is 76.7 Å². The lowest BCUT2D eigenvalue weighted by Crippen LogP contribution is -2.64. The van der Waals surface area contributed by atoms with Crippen molar-refractivity contribution in [3.63, 3.8) is 0 Å². The molecule has 1 amide bonds. The lowest BCUT2D eigenvalue weighted by molar-refractivity contribution is 0.00858. The number of nitrogens with zero attached hydrogens (tertiary/aromatic N) is 27. The van der Waals surface area contributed by atoms with Gasteiger partial charge in [-0.1, -0.05) is 31.5 Å². The predicted molar refractivity (Wildman–Crippen MR) is 534 cm³/mol. The van der Waals surface area contributed by atoms with Crippen molar-refractivity contribution in [3.8, 4) is 98.0 Å². The number of amides is 1. The molecule has 16 aromatic rings. The number of methoxy groups -OCH3 is 2. The number of hydrogen-bond acceptors (Lipinski definition) is 26. The highest BCUT2D eigenvalue weighted by Crippen LogP contribution is 2.47. The van der Waals surface area contributed by atoms with Crippen molar-refractivity contribution in [1.29, 1.82) is 26.3 Å². The fourth-order valence-electron chi connectivity index (χ4n) is 19.1. The van der Waals surface area contributed by atoms with Crippen LogP contribution < -0.4 is 9.47 Å². The van der Waals surface area contributed by atoms with E-state index in [1.165, 1.54) is 43.2 Å². The molecule has 0 aliphatic carbocycles. The third kappa shape index (κ3) is 18.5. The molecule has 0 bridgehead atoms. The van der Waals surface area contributed by atoms with Crippen molar-refractivity contribution in [1.82, 2.24) is 120 Å². The molecule has 0 saturated carbocycles. The summed E-state index contributed by atoms with van der Waals surface area (Å²) in [6.45, 7) is 26.6. The summed E-state index contributed by atoms with van der Waals surface area (Å²) in [4.78, 5) is 67.1. The minimum Gasteiger partial charge on any atom is -0.482 e. The minimum atomic E-state index is -3.33. The van der Waals surface area contributed by atoms with E-state index in [9.17, 15) is 64.8 Å².